The van der Waals surface area contributed by atoms with Crippen molar-refractivity contribution in [3.8, 4) is 0 Å². The Morgan fingerprint density at radius 3 is 1.38 bits per heavy atom. The number of carbonyl (C=O) groups excluding carboxylic acids is 6. The lowest BCUT2D eigenvalue weighted by molar-refractivity contribution is -0.166. The first-order chi connectivity index (χ1) is 28.9. The number of aromatic nitrogens is 8. The minimum Gasteiger partial charge on any atom is -0.463 e. The normalized spacial score (nSPS) is 23.3. The second kappa shape index (κ2) is 20.3. The molecule has 3 aromatic heterocycles. The molecule has 0 unspecified atom stereocenters. The molecule has 24 nitrogen and oxygen atoms in total. The number of hydrogen-bond donors (Lipinski definition) is 0. The zero-order valence-electron chi connectivity index (χ0n) is 34.6. The molecular weight excluding hydrogens is 812 g/mol. The molecule has 0 aliphatic carbocycles. The molecule has 5 heterocycles. The van der Waals surface area contributed by atoms with E-state index in [4.69, 9.17) is 37.9 Å². The third kappa shape index (κ3) is 11.9. The highest BCUT2D eigenvalue weighted by Crippen LogP contribution is 2.35. The van der Waals surface area contributed by atoms with Crippen molar-refractivity contribution < 1.29 is 66.7 Å². The zero-order valence-corrected chi connectivity index (χ0v) is 34.6. The van der Waals surface area contributed by atoms with Crippen LogP contribution in [0.1, 0.15) is 83.9 Å². The minimum absolute atomic E-state index is 0.0474. The number of hydrogen-bond acceptors (Lipinski definition) is 20. The maximum atomic E-state index is 13.6. The van der Waals surface area contributed by atoms with Crippen molar-refractivity contribution in [2.45, 2.75) is 136 Å². The number of carbonyl (C=O) groups is 6. The highest BCUT2D eigenvalue weighted by atomic mass is 16.7. The van der Waals surface area contributed by atoms with Gasteiger partial charge in [-0.3, -0.25) is 42.7 Å². The average Bonchev–Trinajstić information content (AvgIpc) is 3.96. The predicted octanol–water partition coefficient (Wildman–Crippen LogP) is -0.585. The van der Waals surface area contributed by atoms with E-state index in [1.165, 1.54) is 67.7 Å². The van der Waals surface area contributed by atoms with Crippen LogP contribution in [0.15, 0.2) is 28.0 Å². The van der Waals surface area contributed by atoms with Crippen LogP contribution < -0.4 is 11.2 Å². The van der Waals surface area contributed by atoms with E-state index in [-0.39, 0.29) is 32.7 Å². The number of ether oxygens (including phenoxy) is 8. The molecule has 0 saturated carbocycles. The van der Waals surface area contributed by atoms with Crippen molar-refractivity contribution >= 4 is 35.8 Å². The fraction of sp³-hybridized carbons (Fsp3) is 0.622. The number of rotatable bonds is 18. The Kier molecular flexibility index (Phi) is 15.2. The maximum Gasteiger partial charge on any atom is 0.331 e. The highest BCUT2D eigenvalue weighted by Gasteiger charge is 2.52. The predicted molar refractivity (Wildman–Crippen MR) is 200 cm³/mol. The molecule has 2 aliphatic heterocycles. The topological polar surface area (TPSA) is 282 Å². The van der Waals surface area contributed by atoms with E-state index in [0.717, 1.165) is 4.57 Å². The quantitative estimate of drug-likeness (QED) is 0.114. The summed E-state index contributed by atoms with van der Waals surface area (Å²) >= 11 is 0. The lowest BCUT2D eigenvalue weighted by Crippen LogP contribution is -2.40. The summed E-state index contributed by atoms with van der Waals surface area (Å²) in [7, 11) is 0. The molecule has 2 aliphatic rings. The van der Waals surface area contributed by atoms with Gasteiger partial charge in [0.1, 0.15) is 25.4 Å². The van der Waals surface area contributed by atoms with E-state index < -0.39 is 96.1 Å². The number of esters is 6. The van der Waals surface area contributed by atoms with Gasteiger partial charge in [0.2, 0.25) is 0 Å². The molecule has 0 spiro atoms. The molecule has 332 valence electrons. The summed E-state index contributed by atoms with van der Waals surface area (Å²) in [5.74, 6) is -3.88. The Hall–Kier alpha value is -6.30. The summed E-state index contributed by atoms with van der Waals surface area (Å²) in [5.41, 5.74) is 0.399. The molecule has 5 rings (SSSR count). The van der Waals surface area contributed by atoms with Crippen LogP contribution in [0, 0.1) is 6.92 Å². The molecule has 0 bridgehead atoms. The lowest BCUT2D eigenvalue weighted by atomic mass is 10.1. The Morgan fingerprint density at radius 1 is 0.590 bits per heavy atom. The standard InChI is InChI=1S/C37H48N8O16/c1-19-14-30(52)43(13-9-11-27-16-45(41-39-27)36-34(59-25(7)51)32(57-23(5)49)29(61-36)18-55-21(3)47)37(53)42(19)12-8-10-26-15-44(40-38-26)35-33(58-24(6)50)31(56-22(4)48)28(60-35)17-54-20(2)46/h14-16,28-29,31-36H,8-13,17-18H2,1-7H3/t28-,29-,31-,32-,33-,34-,35-,36-/m1/s1. The first-order valence-corrected chi connectivity index (χ1v) is 19.3. The molecule has 0 N–H and O–H groups in total. The summed E-state index contributed by atoms with van der Waals surface area (Å²) in [4.78, 5) is 97.3. The first-order valence-electron chi connectivity index (χ1n) is 19.3. The van der Waals surface area contributed by atoms with Crippen LogP contribution in [0.4, 0.5) is 0 Å². The van der Waals surface area contributed by atoms with Crippen LogP contribution in [-0.4, -0.2) is 125 Å². The molecule has 0 aromatic carbocycles. The first kappa shape index (κ1) is 45.8. The van der Waals surface area contributed by atoms with Gasteiger partial charge < -0.3 is 37.9 Å². The molecule has 0 amide bonds. The number of aryl methyl sites for hydroxylation is 3. The van der Waals surface area contributed by atoms with Gasteiger partial charge >= 0.3 is 41.5 Å². The van der Waals surface area contributed by atoms with E-state index >= 15 is 0 Å². The van der Waals surface area contributed by atoms with E-state index in [2.05, 4.69) is 20.6 Å². The summed E-state index contributed by atoms with van der Waals surface area (Å²) in [5, 5.41) is 16.6. The monoisotopic (exact) mass is 860 g/mol. The summed E-state index contributed by atoms with van der Waals surface area (Å²) in [6, 6.07) is 1.37. The Balaban J connectivity index is 1.22. The van der Waals surface area contributed by atoms with Crippen molar-refractivity contribution in [3.05, 3.63) is 56.4 Å². The largest absolute Gasteiger partial charge is 0.463 e. The van der Waals surface area contributed by atoms with Crippen molar-refractivity contribution in [2.24, 2.45) is 0 Å². The van der Waals surface area contributed by atoms with E-state index in [1.54, 1.807) is 13.1 Å². The molecule has 24 heteroatoms. The Morgan fingerprint density at radius 2 is 0.984 bits per heavy atom. The smallest absolute Gasteiger partial charge is 0.331 e. The minimum atomic E-state index is -1.15. The molecular formula is C37H48N8O16. The summed E-state index contributed by atoms with van der Waals surface area (Å²) < 4.78 is 49.0. The van der Waals surface area contributed by atoms with Gasteiger partial charge in [0.25, 0.3) is 5.56 Å². The molecule has 8 atom stereocenters. The van der Waals surface area contributed by atoms with Gasteiger partial charge in [0.15, 0.2) is 36.9 Å². The van der Waals surface area contributed by atoms with Gasteiger partial charge in [0, 0.05) is 66.4 Å². The molecule has 61 heavy (non-hydrogen) atoms. The van der Waals surface area contributed by atoms with Gasteiger partial charge in [-0.25, -0.2) is 14.2 Å². The second-order valence-electron chi connectivity index (χ2n) is 14.3. The second-order valence-corrected chi connectivity index (χ2v) is 14.3. The van der Waals surface area contributed by atoms with Crippen LogP contribution in [0.25, 0.3) is 0 Å². The van der Waals surface area contributed by atoms with Crippen LogP contribution in [-0.2, 0) is 92.6 Å². The van der Waals surface area contributed by atoms with Crippen LogP contribution >= 0.6 is 0 Å². The van der Waals surface area contributed by atoms with Gasteiger partial charge in [-0.15, -0.1) is 10.2 Å². The van der Waals surface area contributed by atoms with E-state index in [1.807, 2.05) is 0 Å². The van der Waals surface area contributed by atoms with Gasteiger partial charge in [-0.05, 0) is 32.6 Å². The number of nitrogens with zero attached hydrogens (tertiary/aromatic N) is 8. The fourth-order valence-corrected chi connectivity index (χ4v) is 6.96. The molecule has 2 saturated heterocycles. The van der Waals surface area contributed by atoms with Crippen molar-refractivity contribution in [3.63, 3.8) is 0 Å². The van der Waals surface area contributed by atoms with Gasteiger partial charge in [-0.2, -0.15) is 0 Å². The fourth-order valence-electron chi connectivity index (χ4n) is 6.96. The zero-order chi connectivity index (χ0) is 44.5. The van der Waals surface area contributed by atoms with Crippen LogP contribution in [0.5, 0.6) is 0 Å². The maximum absolute atomic E-state index is 13.6. The average molecular weight is 861 g/mol. The van der Waals surface area contributed by atoms with Gasteiger partial charge in [-0.1, -0.05) is 10.4 Å². The van der Waals surface area contributed by atoms with Gasteiger partial charge in [0.05, 0.1) is 23.8 Å². The molecule has 3 aromatic rings. The van der Waals surface area contributed by atoms with Crippen LogP contribution in [0.2, 0.25) is 0 Å². The molecule has 0 radical (unpaired) electrons. The third-order valence-corrected chi connectivity index (χ3v) is 9.43. The van der Waals surface area contributed by atoms with E-state index in [0.29, 0.717) is 36.3 Å². The van der Waals surface area contributed by atoms with Crippen molar-refractivity contribution in [1.29, 1.82) is 0 Å². The highest BCUT2D eigenvalue weighted by molar-refractivity contribution is 5.68. The third-order valence-electron chi connectivity index (χ3n) is 9.43. The Labute approximate surface area is 347 Å². The Bertz CT molecular complexity index is 2210. The van der Waals surface area contributed by atoms with E-state index in [9.17, 15) is 38.4 Å². The lowest BCUT2D eigenvalue weighted by Gasteiger charge is -2.23. The SMILES string of the molecule is CC(=O)OC[C@H]1O[C@@H](n2cc(CCCn3c(C)cc(=O)n(CCCc4cn([C@@H]5O[C@H](COC(C)=O)[C@@H](OC(C)=O)[C@H]5OC(C)=O)nn4)c3=O)nn2)[C@H](OC(C)=O)[C@@H]1OC(C)=O. The summed E-state index contributed by atoms with van der Waals surface area (Å²) in [6.07, 6.45) is -4.22. The van der Waals surface area contributed by atoms with Crippen LogP contribution in [0.3, 0.4) is 0 Å². The summed E-state index contributed by atoms with van der Waals surface area (Å²) in [6.45, 7) is 8.47. The van der Waals surface area contributed by atoms with Crippen molar-refractivity contribution in [2.75, 3.05) is 13.2 Å². The van der Waals surface area contributed by atoms with Crippen molar-refractivity contribution in [1.82, 2.24) is 39.1 Å². The molecule has 2 fully saturated rings.